The Hall–Kier alpha value is -1.59. The van der Waals surface area contributed by atoms with Gasteiger partial charge >= 0.3 is 5.97 Å². The monoisotopic (exact) mass is 233 g/mol. The number of nitrogens with zero attached hydrogens (tertiary/aromatic N) is 1. The van der Waals surface area contributed by atoms with E-state index in [1.807, 2.05) is 0 Å². The summed E-state index contributed by atoms with van der Waals surface area (Å²) in [6.45, 7) is 2.78. The predicted molar refractivity (Wildman–Crippen MR) is 49.8 cm³/mol. The molecule has 1 aromatic heterocycles. The van der Waals surface area contributed by atoms with Crippen LogP contribution in [-0.4, -0.2) is 17.6 Å². The van der Waals surface area contributed by atoms with Gasteiger partial charge in [0.05, 0.1) is 23.4 Å². The molecule has 0 saturated heterocycles. The highest BCUT2D eigenvalue weighted by atomic mass is 19.3. The minimum Gasteiger partial charge on any atom is -0.462 e. The Morgan fingerprint density at radius 3 is 2.69 bits per heavy atom. The number of hydrogen-bond donors (Lipinski definition) is 0. The molecule has 3 nitrogen and oxygen atoms in total. The number of pyridine rings is 1. The van der Waals surface area contributed by atoms with Crippen molar-refractivity contribution in [2.75, 3.05) is 6.61 Å². The van der Waals surface area contributed by atoms with Crippen molar-refractivity contribution >= 4 is 5.97 Å². The molecule has 6 heteroatoms. The third-order valence-corrected chi connectivity index (χ3v) is 1.93. The first kappa shape index (κ1) is 12.5. The van der Waals surface area contributed by atoms with Crippen molar-refractivity contribution in [2.24, 2.45) is 0 Å². The van der Waals surface area contributed by atoms with Crippen molar-refractivity contribution in [2.45, 2.75) is 20.3 Å². The van der Waals surface area contributed by atoms with Crippen molar-refractivity contribution in [3.05, 3.63) is 28.8 Å². The van der Waals surface area contributed by atoms with Crippen molar-refractivity contribution < 1.29 is 22.7 Å². The Balaban J connectivity index is 3.29. The lowest BCUT2D eigenvalue weighted by molar-refractivity contribution is 0.0514. The van der Waals surface area contributed by atoms with E-state index in [0.29, 0.717) is 6.07 Å². The summed E-state index contributed by atoms with van der Waals surface area (Å²) in [4.78, 5) is 14.6. The van der Waals surface area contributed by atoms with E-state index in [0.717, 1.165) is 0 Å². The van der Waals surface area contributed by atoms with Gasteiger partial charge in [-0.05, 0) is 13.8 Å². The maximum atomic E-state index is 12.9. The largest absolute Gasteiger partial charge is 0.462 e. The summed E-state index contributed by atoms with van der Waals surface area (Å²) in [6, 6.07) is 0.659. The number of carbonyl (C=O) groups excluding carboxylic acids is 1. The van der Waals surface area contributed by atoms with Crippen LogP contribution in [0.2, 0.25) is 0 Å². The van der Waals surface area contributed by atoms with Gasteiger partial charge in [-0.2, -0.15) is 4.39 Å². The highest BCUT2D eigenvalue weighted by molar-refractivity contribution is 5.91. The van der Waals surface area contributed by atoms with E-state index in [-0.39, 0.29) is 12.3 Å². The molecule has 0 atom stereocenters. The SMILES string of the molecule is CCOC(=O)c1cc(F)nc(C)c1C(F)F. The van der Waals surface area contributed by atoms with Gasteiger partial charge in [-0.25, -0.2) is 18.6 Å². The first-order chi connectivity index (χ1) is 7.47. The average molecular weight is 233 g/mol. The van der Waals surface area contributed by atoms with Crippen LogP contribution >= 0.6 is 0 Å². The van der Waals surface area contributed by atoms with E-state index >= 15 is 0 Å². The lowest BCUT2D eigenvalue weighted by Gasteiger charge is -2.10. The molecule has 0 aliphatic rings. The molecule has 0 aromatic carbocycles. The van der Waals surface area contributed by atoms with Crippen molar-refractivity contribution in [3.8, 4) is 0 Å². The van der Waals surface area contributed by atoms with Crippen LogP contribution in [0.5, 0.6) is 0 Å². The van der Waals surface area contributed by atoms with Crippen LogP contribution in [0.1, 0.15) is 35.0 Å². The van der Waals surface area contributed by atoms with E-state index in [1.165, 1.54) is 13.8 Å². The molecule has 1 rings (SSSR count). The smallest absolute Gasteiger partial charge is 0.338 e. The molecule has 0 amide bonds. The molecule has 16 heavy (non-hydrogen) atoms. The lowest BCUT2D eigenvalue weighted by atomic mass is 10.1. The number of aryl methyl sites for hydroxylation is 1. The summed E-state index contributed by atoms with van der Waals surface area (Å²) in [5, 5.41) is 0. The van der Waals surface area contributed by atoms with Crippen molar-refractivity contribution in [3.63, 3.8) is 0 Å². The van der Waals surface area contributed by atoms with E-state index in [1.54, 1.807) is 0 Å². The quantitative estimate of drug-likeness (QED) is 0.595. The fourth-order valence-corrected chi connectivity index (χ4v) is 1.30. The number of esters is 1. The Kier molecular flexibility index (Phi) is 3.87. The standard InChI is InChI=1S/C10H10F3NO2/c1-3-16-10(15)6-4-7(11)14-5(2)8(6)9(12)13/h4,9H,3H2,1-2H3. The highest BCUT2D eigenvalue weighted by Crippen LogP contribution is 2.26. The second-order valence-electron chi connectivity index (χ2n) is 3.01. The fraction of sp³-hybridized carbons (Fsp3) is 0.400. The van der Waals surface area contributed by atoms with Gasteiger partial charge in [0.15, 0.2) is 0 Å². The van der Waals surface area contributed by atoms with E-state index < -0.39 is 29.5 Å². The molecular formula is C10H10F3NO2. The molecule has 0 spiro atoms. The van der Waals surface area contributed by atoms with Crippen LogP contribution in [0.25, 0.3) is 0 Å². The number of hydrogen-bond acceptors (Lipinski definition) is 3. The Morgan fingerprint density at radius 2 is 2.19 bits per heavy atom. The minimum atomic E-state index is -2.90. The van der Waals surface area contributed by atoms with Crippen LogP contribution in [0.4, 0.5) is 13.2 Å². The number of aromatic nitrogens is 1. The number of halogens is 3. The summed E-state index contributed by atoms with van der Waals surface area (Å²) in [5.74, 6) is -1.95. The zero-order valence-corrected chi connectivity index (χ0v) is 8.76. The number of alkyl halides is 2. The molecule has 0 aliphatic carbocycles. The Labute approximate surface area is 90.2 Å². The molecule has 88 valence electrons. The van der Waals surface area contributed by atoms with E-state index in [9.17, 15) is 18.0 Å². The van der Waals surface area contributed by atoms with Gasteiger partial charge in [0, 0.05) is 6.07 Å². The van der Waals surface area contributed by atoms with Crippen LogP contribution < -0.4 is 0 Å². The maximum Gasteiger partial charge on any atom is 0.338 e. The summed E-state index contributed by atoms with van der Waals surface area (Å²) in [6.07, 6.45) is -2.90. The third kappa shape index (κ3) is 2.50. The lowest BCUT2D eigenvalue weighted by Crippen LogP contribution is -2.12. The van der Waals surface area contributed by atoms with Crippen molar-refractivity contribution in [1.29, 1.82) is 0 Å². The summed E-state index contributed by atoms with van der Waals surface area (Å²) in [7, 11) is 0. The molecule has 0 aliphatic heterocycles. The first-order valence-corrected chi connectivity index (χ1v) is 4.59. The number of carbonyl (C=O) groups is 1. The number of rotatable bonds is 3. The molecule has 1 heterocycles. The summed E-state index contributed by atoms with van der Waals surface area (Å²) < 4.78 is 42.8. The van der Waals surface area contributed by atoms with Gasteiger partial charge < -0.3 is 4.74 Å². The first-order valence-electron chi connectivity index (χ1n) is 4.59. The highest BCUT2D eigenvalue weighted by Gasteiger charge is 2.23. The van der Waals surface area contributed by atoms with Crippen molar-refractivity contribution in [1.82, 2.24) is 4.98 Å². The Bertz CT molecular complexity index is 407. The van der Waals surface area contributed by atoms with Gasteiger partial charge in [-0.3, -0.25) is 0 Å². The molecule has 0 saturated carbocycles. The normalized spacial score (nSPS) is 10.6. The van der Waals surface area contributed by atoms with E-state index in [4.69, 9.17) is 0 Å². The molecular weight excluding hydrogens is 223 g/mol. The molecule has 0 N–H and O–H groups in total. The van der Waals surface area contributed by atoms with Gasteiger partial charge in [0.1, 0.15) is 0 Å². The van der Waals surface area contributed by atoms with Crippen LogP contribution in [0.3, 0.4) is 0 Å². The van der Waals surface area contributed by atoms with Gasteiger partial charge in [0.2, 0.25) is 5.95 Å². The van der Waals surface area contributed by atoms with Crippen LogP contribution in [-0.2, 0) is 4.74 Å². The molecule has 0 unspecified atom stereocenters. The predicted octanol–water partition coefficient (Wildman–Crippen LogP) is 2.64. The molecule has 0 fully saturated rings. The van der Waals surface area contributed by atoms with Crippen LogP contribution in [0.15, 0.2) is 6.07 Å². The Morgan fingerprint density at radius 1 is 1.56 bits per heavy atom. The van der Waals surface area contributed by atoms with Gasteiger partial charge in [0.25, 0.3) is 6.43 Å². The third-order valence-electron chi connectivity index (χ3n) is 1.93. The molecule has 1 aromatic rings. The minimum absolute atomic E-state index is 0.0322. The van der Waals surface area contributed by atoms with Crippen LogP contribution in [0, 0.1) is 12.9 Å². The molecule has 0 bridgehead atoms. The second kappa shape index (κ2) is 4.96. The zero-order chi connectivity index (χ0) is 12.3. The maximum absolute atomic E-state index is 12.9. The fourth-order valence-electron chi connectivity index (χ4n) is 1.30. The summed E-state index contributed by atoms with van der Waals surface area (Å²) in [5.41, 5.74) is -1.26. The average Bonchev–Trinajstić information content (AvgIpc) is 2.15. The topological polar surface area (TPSA) is 39.2 Å². The van der Waals surface area contributed by atoms with E-state index in [2.05, 4.69) is 9.72 Å². The van der Waals surface area contributed by atoms with Gasteiger partial charge in [-0.1, -0.05) is 0 Å². The number of ether oxygens (including phenoxy) is 1. The van der Waals surface area contributed by atoms with Gasteiger partial charge in [-0.15, -0.1) is 0 Å². The zero-order valence-electron chi connectivity index (χ0n) is 8.76. The second-order valence-corrected chi connectivity index (χ2v) is 3.01. The molecule has 0 radical (unpaired) electrons. The summed E-state index contributed by atoms with van der Waals surface area (Å²) >= 11 is 0.